The van der Waals surface area contributed by atoms with Crippen molar-refractivity contribution in [3.63, 3.8) is 0 Å². The lowest BCUT2D eigenvalue weighted by atomic mass is 9.89. The minimum atomic E-state index is -0.282. The maximum atomic E-state index is 13.1. The van der Waals surface area contributed by atoms with Crippen molar-refractivity contribution in [1.82, 2.24) is 0 Å². The van der Waals surface area contributed by atoms with Crippen LogP contribution in [0.25, 0.3) is 0 Å². The van der Waals surface area contributed by atoms with Crippen molar-refractivity contribution < 1.29 is 18.7 Å². The van der Waals surface area contributed by atoms with Gasteiger partial charge in [0.2, 0.25) is 5.91 Å². The fourth-order valence-electron chi connectivity index (χ4n) is 3.28. The van der Waals surface area contributed by atoms with Gasteiger partial charge in [0, 0.05) is 22.8 Å². The van der Waals surface area contributed by atoms with Crippen LogP contribution < -0.4 is 14.8 Å². The van der Waals surface area contributed by atoms with Crippen LogP contribution in [0.3, 0.4) is 0 Å². The molecule has 0 spiro atoms. The molecule has 1 N–H and O–H groups in total. The van der Waals surface area contributed by atoms with E-state index in [1.807, 2.05) is 29.6 Å². The quantitative estimate of drug-likeness (QED) is 0.678. The molecule has 1 aliphatic rings. The molecular weight excluding hydrogens is 365 g/mol. The highest BCUT2D eigenvalue weighted by molar-refractivity contribution is 7.10. The number of methoxy groups -OCH3 is 1. The molecule has 27 heavy (non-hydrogen) atoms. The molecule has 0 radical (unpaired) electrons. The Morgan fingerprint density at radius 3 is 2.78 bits per heavy atom. The Kier molecular flexibility index (Phi) is 4.81. The van der Waals surface area contributed by atoms with Crippen LogP contribution >= 0.6 is 11.3 Å². The molecule has 4 rings (SSSR count). The number of carbonyl (C=O) groups excluding carboxylic acids is 1. The first kappa shape index (κ1) is 17.5. The highest BCUT2D eigenvalue weighted by atomic mass is 32.1. The van der Waals surface area contributed by atoms with Crippen molar-refractivity contribution >= 4 is 22.9 Å². The second-order valence-corrected chi connectivity index (χ2v) is 7.24. The molecule has 138 valence electrons. The number of halogens is 1. The minimum Gasteiger partial charge on any atom is -0.493 e. The summed E-state index contributed by atoms with van der Waals surface area (Å²) in [4.78, 5) is 13.3. The monoisotopic (exact) mass is 383 g/mol. The number of para-hydroxylation sites is 1. The first-order chi connectivity index (χ1) is 13.2. The number of amides is 1. The van der Waals surface area contributed by atoms with Crippen molar-refractivity contribution in [1.29, 1.82) is 0 Å². The number of thiophene rings is 1. The normalized spacial score (nSPS) is 15.8. The van der Waals surface area contributed by atoms with Gasteiger partial charge in [-0.3, -0.25) is 4.79 Å². The van der Waals surface area contributed by atoms with Gasteiger partial charge in [-0.15, -0.1) is 11.3 Å². The maximum Gasteiger partial charge on any atom is 0.225 e. The molecule has 0 aliphatic carbocycles. The average molecular weight is 383 g/mol. The number of hydrogen-bond donors (Lipinski definition) is 1. The number of benzene rings is 2. The molecule has 2 heterocycles. The van der Waals surface area contributed by atoms with E-state index >= 15 is 0 Å². The summed E-state index contributed by atoms with van der Waals surface area (Å²) in [7, 11) is 1.59. The summed E-state index contributed by atoms with van der Waals surface area (Å²) in [5.41, 5.74) is 2.62. The van der Waals surface area contributed by atoms with Gasteiger partial charge in [0.25, 0.3) is 0 Å². The van der Waals surface area contributed by atoms with Gasteiger partial charge in [-0.2, -0.15) is 0 Å². The van der Waals surface area contributed by atoms with E-state index in [2.05, 4.69) is 5.32 Å². The van der Waals surface area contributed by atoms with E-state index in [4.69, 9.17) is 9.47 Å². The van der Waals surface area contributed by atoms with Crippen LogP contribution in [0, 0.1) is 5.82 Å². The molecule has 0 unspecified atom stereocenters. The number of anilines is 1. The third-order valence-corrected chi connectivity index (χ3v) is 5.61. The summed E-state index contributed by atoms with van der Waals surface area (Å²) < 4.78 is 24.7. The largest absolute Gasteiger partial charge is 0.493 e. The van der Waals surface area contributed by atoms with Crippen LogP contribution in [-0.2, 0) is 11.4 Å². The summed E-state index contributed by atoms with van der Waals surface area (Å²) in [6.45, 7) is 0.282. The van der Waals surface area contributed by atoms with Gasteiger partial charge in [0.1, 0.15) is 12.4 Å². The average Bonchev–Trinajstić information content (AvgIpc) is 3.15. The smallest absolute Gasteiger partial charge is 0.225 e. The molecule has 1 aromatic heterocycles. The standard InChI is InChI=1S/C21H18FNO3S/c1-25-18-4-2-3-15(16-11-19(24)23-17-9-10-27-21(16)17)20(18)26-12-13-5-7-14(22)8-6-13/h2-10,16H,11-12H2,1H3,(H,23,24)/t16-/m0/s1. The van der Waals surface area contributed by atoms with E-state index in [9.17, 15) is 9.18 Å². The van der Waals surface area contributed by atoms with Gasteiger partial charge < -0.3 is 14.8 Å². The maximum absolute atomic E-state index is 13.1. The highest BCUT2D eigenvalue weighted by Gasteiger charge is 2.30. The molecule has 0 saturated carbocycles. The van der Waals surface area contributed by atoms with Crippen LogP contribution in [0.2, 0.25) is 0 Å². The van der Waals surface area contributed by atoms with E-state index < -0.39 is 0 Å². The lowest BCUT2D eigenvalue weighted by molar-refractivity contribution is -0.116. The Balaban J connectivity index is 1.69. The van der Waals surface area contributed by atoms with Gasteiger partial charge in [-0.1, -0.05) is 24.3 Å². The van der Waals surface area contributed by atoms with Crippen molar-refractivity contribution in [2.75, 3.05) is 12.4 Å². The van der Waals surface area contributed by atoms with E-state index in [0.29, 0.717) is 17.9 Å². The van der Waals surface area contributed by atoms with E-state index in [0.717, 1.165) is 21.7 Å². The molecule has 1 amide bonds. The SMILES string of the molecule is COc1cccc([C@@H]2CC(=O)Nc3ccsc32)c1OCc1ccc(F)cc1. The number of ether oxygens (including phenoxy) is 2. The topological polar surface area (TPSA) is 47.6 Å². The molecule has 0 bridgehead atoms. The van der Waals surface area contributed by atoms with Crippen molar-refractivity contribution in [3.8, 4) is 11.5 Å². The second-order valence-electron chi connectivity index (χ2n) is 6.30. The second kappa shape index (κ2) is 7.40. The van der Waals surface area contributed by atoms with Gasteiger partial charge in [0.15, 0.2) is 11.5 Å². The summed E-state index contributed by atoms with van der Waals surface area (Å²) in [5.74, 6) is 0.836. The van der Waals surface area contributed by atoms with E-state index in [-0.39, 0.29) is 24.2 Å². The zero-order chi connectivity index (χ0) is 18.8. The van der Waals surface area contributed by atoms with Crippen LogP contribution in [0.4, 0.5) is 10.1 Å². The van der Waals surface area contributed by atoms with Crippen LogP contribution in [-0.4, -0.2) is 13.0 Å². The molecule has 3 aromatic rings. The summed E-state index contributed by atoms with van der Waals surface area (Å²) in [5, 5.41) is 4.89. The number of carbonyl (C=O) groups is 1. The molecule has 6 heteroatoms. The summed E-state index contributed by atoms with van der Waals surface area (Å²) in [6, 6.07) is 13.8. The Hall–Kier alpha value is -2.86. The Labute approximate surface area is 160 Å². The number of rotatable bonds is 5. The Bertz CT molecular complexity index is 968. The fraction of sp³-hybridized carbons (Fsp3) is 0.190. The zero-order valence-corrected chi connectivity index (χ0v) is 15.5. The molecule has 4 nitrogen and oxygen atoms in total. The fourth-order valence-corrected chi connectivity index (χ4v) is 4.25. The highest BCUT2D eigenvalue weighted by Crippen LogP contribution is 2.46. The summed E-state index contributed by atoms with van der Waals surface area (Å²) >= 11 is 1.62. The minimum absolute atomic E-state index is 0.0156. The Morgan fingerprint density at radius 2 is 2.00 bits per heavy atom. The summed E-state index contributed by atoms with van der Waals surface area (Å²) in [6.07, 6.45) is 0.355. The molecule has 0 fully saturated rings. The number of hydrogen-bond acceptors (Lipinski definition) is 4. The predicted molar refractivity (Wildman–Crippen MR) is 103 cm³/mol. The van der Waals surface area contributed by atoms with Gasteiger partial charge in [-0.25, -0.2) is 4.39 Å². The van der Waals surface area contributed by atoms with Crippen molar-refractivity contribution in [2.24, 2.45) is 0 Å². The first-order valence-electron chi connectivity index (χ1n) is 8.57. The molecule has 1 atom stereocenters. The molecule has 1 aliphatic heterocycles. The Morgan fingerprint density at radius 1 is 1.19 bits per heavy atom. The molecular formula is C21H18FNO3S. The number of fused-ring (bicyclic) bond motifs is 1. The lowest BCUT2D eigenvalue weighted by Gasteiger charge is -2.25. The van der Waals surface area contributed by atoms with Crippen molar-refractivity contribution in [3.05, 3.63) is 75.7 Å². The zero-order valence-electron chi connectivity index (χ0n) is 14.7. The van der Waals surface area contributed by atoms with Crippen LogP contribution in [0.1, 0.15) is 28.3 Å². The lowest BCUT2D eigenvalue weighted by Crippen LogP contribution is -2.22. The predicted octanol–water partition coefficient (Wildman–Crippen LogP) is 4.95. The van der Waals surface area contributed by atoms with Gasteiger partial charge >= 0.3 is 0 Å². The van der Waals surface area contributed by atoms with Crippen LogP contribution in [0.5, 0.6) is 11.5 Å². The third kappa shape index (κ3) is 3.53. The first-order valence-corrected chi connectivity index (χ1v) is 9.45. The molecule has 0 saturated heterocycles. The van der Waals surface area contributed by atoms with E-state index in [1.54, 1.807) is 30.6 Å². The van der Waals surface area contributed by atoms with Crippen LogP contribution in [0.15, 0.2) is 53.9 Å². The molecule has 2 aromatic carbocycles. The van der Waals surface area contributed by atoms with Crippen molar-refractivity contribution in [2.45, 2.75) is 18.9 Å². The third-order valence-electron chi connectivity index (χ3n) is 4.58. The number of nitrogens with one attached hydrogen (secondary N) is 1. The van der Waals surface area contributed by atoms with Gasteiger partial charge in [-0.05, 0) is 35.2 Å². The van der Waals surface area contributed by atoms with Gasteiger partial charge in [0.05, 0.1) is 12.8 Å². The van der Waals surface area contributed by atoms with E-state index in [1.165, 1.54) is 12.1 Å².